The molecule has 19 heteroatoms. The van der Waals surface area contributed by atoms with E-state index in [0.717, 1.165) is 115 Å². The van der Waals surface area contributed by atoms with Gasteiger partial charge >= 0.3 is 39.5 Å². The van der Waals surface area contributed by atoms with Crippen LogP contribution in [0.3, 0.4) is 0 Å². The Kier molecular flexibility index (Phi) is 60.7. The monoisotopic (exact) mass is 1330 g/mol. The maximum atomic E-state index is 13.0. The first-order valence-electron chi connectivity index (χ1n) is 36.7. The molecule has 3 unspecified atom stereocenters. The van der Waals surface area contributed by atoms with Crippen LogP contribution in [0, 0.1) is 17.8 Å². The molecule has 0 heterocycles. The number of aliphatic hydroxyl groups is 1. The van der Waals surface area contributed by atoms with Crippen molar-refractivity contribution in [1.29, 1.82) is 0 Å². The standard InChI is InChI=1S/C72H136O17P2/c1-8-9-10-11-12-13-14-15-16-17-22-25-34-41-48-55-71(76)88-67(59-82-69(74)53-46-39-32-24-21-19-18-20-23-29-36-43-50-63(2)3)61-86-90(78,79)84-57-66(73)58-85-91(80,81)87-62-68(89-72(77)56-49-42-35-28-31-38-45-52-65(6)7)60-83-70(75)54-47-40-33-27-26-30-37-44-51-64(4)5/h13-16,63-68,73H,8-12,17-62H2,1-7H3,(H,78,79)(H,80,81)/b14-13-,16-15-/t66?,67-,68-/m1/s1. The fraction of sp³-hybridized carbons (Fsp3) is 0.889. The average molecular weight is 1340 g/mol. The molecular weight excluding hydrogens is 1200 g/mol. The fourth-order valence-electron chi connectivity index (χ4n) is 10.4. The summed E-state index contributed by atoms with van der Waals surface area (Å²) in [6.07, 6.45) is 49.5. The van der Waals surface area contributed by atoms with Crippen molar-refractivity contribution >= 4 is 39.5 Å². The Morgan fingerprint density at radius 1 is 0.341 bits per heavy atom. The number of phosphoric ester groups is 2. The van der Waals surface area contributed by atoms with Crippen LogP contribution in [0.15, 0.2) is 24.3 Å². The Labute approximate surface area is 554 Å². The third-order valence-electron chi connectivity index (χ3n) is 16.0. The number of carbonyl (C=O) groups excluding carboxylic acids is 4. The summed E-state index contributed by atoms with van der Waals surface area (Å²) in [7, 11) is -9.92. The minimum absolute atomic E-state index is 0.0845. The SMILES string of the molecule is CCCCCC/C=C\C=C/CCCCCCCC(=O)O[C@H](COC(=O)CCCCCCCCCCCCCCC(C)C)COP(=O)(O)OCC(O)COP(=O)(O)OC[C@@H](COC(=O)CCCCCCCCCCC(C)C)OC(=O)CCCCCCCCCC(C)C. The van der Waals surface area contributed by atoms with Crippen LogP contribution in [0.2, 0.25) is 0 Å². The van der Waals surface area contributed by atoms with Crippen molar-refractivity contribution in [3.8, 4) is 0 Å². The minimum atomic E-state index is -4.96. The molecule has 0 bridgehead atoms. The Bertz CT molecular complexity index is 1880. The number of carbonyl (C=O) groups is 4. The molecule has 0 rings (SSSR count). The van der Waals surface area contributed by atoms with Gasteiger partial charge in [-0.25, -0.2) is 9.13 Å². The van der Waals surface area contributed by atoms with E-state index in [0.29, 0.717) is 31.6 Å². The molecular formula is C72H136O17P2. The fourth-order valence-corrected chi connectivity index (χ4v) is 11.9. The van der Waals surface area contributed by atoms with E-state index in [4.69, 9.17) is 37.0 Å². The van der Waals surface area contributed by atoms with Crippen molar-refractivity contribution in [3.63, 3.8) is 0 Å². The third-order valence-corrected chi connectivity index (χ3v) is 17.9. The first-order chi connectivity index (χ1) is 43.7. The average Bonchev–Trinajstić information content (AvgIpc) is 3.62. The predicted molar refractivity (Wildman–Crippen MR) is 367 cm³/mol. The van der Waals surface area contributed by atoms with E-state index >= 15 is 0 Å². The number of allylic oxidation sites excluding steroid dienone is 4. The summed E-state index contributed by atoms with van der Waals surface area (Å²) in [6, 6.07) is 0. The molecule has 91 heavy (non-hydrogen) atoms. The second kappa shape index (κ2) is 62.4. The lowest BCUT2D eigenvalue weighted by Crippen LogP contribution is -2.30. The van der Waals surface area contributed by atoms with Gasteiger partial charge < -0.3 is 33.8 Å². The third kappa shape index (κ3) is 66.0. The number of unbranched alkanes of at least 4 members (excludes halogenated alkanes) is 33. The van der Waals surface area contributed by atoms with Crippen LogP contribution in [0.5, 0.6) is 0 Å². The molecule has 5 atom stereocenters. The van der Waals surface area contributed by atoms with Gasteiger partial charge in [-0.05, 0) is 69.1 Å². The molecule has 0 aromatic heterocycles. The zero-order valence-corrected chi connectivity index (χ0v) is 60.6. The Morgan fingerprint density at radius 2 is 0.593 bits per heavy atom. The van der Waals surface area contributed by atoms with Crippen molar-refractivity contribution in [2.24, 2.45) is 17.8 Å². The highest BCUT2D eigenvalue weighted by Gasteiger charge is 2.30. The smallest absolute Gasteiger partial charge is 0.462 e. The van der Waals surface area contributed by atoms with Gasteiger partial charge in [-0.2, -0.15) is 0 Å². The van der Waals surface area contributed by atoms with Crippen LogP contribution in [0.4, 0.5) is 0 Å². The number of esters is 4. The zero-order chi connectivity index (χ0) is 67.3. The lowest BCUT2D eigenvalue weighted by Gasteiger charge is -2.21. The Hall–Kier alpha value is -2.46. The highest BCUT2D eigenvalue weighted by Crippen LogP contribution is 2.45. The van der Waals surface area contributed by atoms with Gasteiger partial charge in [0.15, 0.2) is 12.2 Å². The zero-order valence-electron chi connectivity index (χ0n) is 58.8. The largest absolute Gasteiger partial charge is 0.472 e. The molecule has 0 aromatic carbocycles. The van der Waals surface area contributed by atoms with Gasteiger partial charge in [0.2, 0.25) is 0 Å². The van der Waals surface area contributed by atoms with E-state index in [1.807, 2.05) is 0 Å². The maximum Gasteiger partial charge on any atom is 0.472 e. The van der Waals surface area contributed by atoms with Gasteiger partial charge in [0.1, 0.15) is 19.3 Å². The molecule has 0 amide bonds. The number of hydrogen-bond acceptors (Lipinski definition) is 15. The number of ether oxygens (including phenoxy) is 4. The Morgan fingerprint density at radius 3 is 0.890 bits per heavy atom. The summed E-state index contributed by atoms with van der Waals surface area (Å²) in [5, 5.41) is 10.6. The van der Waals surface area contributed by atoms with Crippen molar-refractivity contribution in [1.82, 2.24) is 0 Å². The molecule has 0 aromatic rings. The molecule has 0 aliphatic heterocycles. The molecule has 0 fully saturated rings. The minimum Gasteiger partial charge on any atom is -0.462 e. The van der Waals surface area contributed by atoms with Gasteiger partial charge in [0.05, 0.1) is 26.4 Å². The number of aliphatic hydroxyl groups excluding tert-OH is 1. The molecule has 0 saturated heterocycles. The molecule has 0 aliphatic carbocycles. The summed E-state index contributed by atoms with van der Waals surface area (Å²) < 4.78 is 68.3. The Balaban J connectivity index is 5.28. The topological polar surface area (TPSA) is 237 Å². The number of hydrogen-bond donors (Lipinski definition) is 3. The van der Waals surface area contributed by atoms with E-state index in [1.165, 1.54) is 135 Å². The summed E-state index contributed by atoms with van der Waals surface area (Å²) in [4.78, 5) is 72.6. The van der Waals surface area contributed by atoms with Crippen LogP contribution < -0.4 is 0 Å². The van der Waals surface area contributed by atoms with Crippen molar-refractivity contribution in [2.45, 2.75) is 356 Å². The normalized spacial score (nSPS) is 14.3. The molecule has 17 nitrogen and oxygen atoms in total. The van der Waals surface area contributed by atoms with Crippen LogP contribution in [-0.4, -0.2) is 96.7 Å². The van der Waals surface area contributed by atoms with E-state index in [1.54, 1.807) is 0 Å². The first kappa shape index (κ1) is 88.5. The summed E-state index contributed by atoms with van der Waals surface area (Å²) in [6.45, 7) is 11.7. The molecule has 0 aliphatic rings. The highest BCUT2D eigenvalue weighted by molar-refractivity contribution is 7.47. The van der Waals surface area contributed by atoms with Crippen molar-refractivity contribution in [3.05, 3.63) is 24.3 Å². The molecule has 0 radical (unpaired) electrons. The summed E-state index contributed by atoms with van der Waals surface area (Å²) in [5.41, 5.74) is 0. The molecule has 0 saturated carbocycles. The van der Waals surface area contributed by atoms with E-state index in [-0.39, 0.29) is 25.7 Å². The van der Waals surface area contributed by atoms with Gasteiger partial charge in [-0.3, -0.25) is 37.3 Å². The lowest BCUT2D eigenvalue weighted by atomic mass is 10.0. The van der Waals surface area contributed by atoms with Gasteiger partial charge in [0, 0.05) is 25.7 Å². The van der Waals surface area contributed by atoms with Gasteiger partial charge in [-0.1, -0.05) is 285 Å². The summed E-state index contributed by atoms with van der Waals surface area (Å²) >= 11 is 0. The molecule has 0 spiro atoms. The van der Waals surface area contributed by atoms with Crippen LogP contribution in [-0.2, 0) is 65.4 Å². The van der Waals surface area contributed by atoms with E-state index in [2.05, 4.69) is 72.8 Å². The predicted octanol–water partition coefficient (Wildman–Crippen LogP) is 20.2. The maximum absolute atomic E-state index is 13.0. The second-order valence-electron chi connectivity index (χ2n) is 26.7. The lowest BCUT2D eigenvalue weighted by molar-refractivity contribution is -0.161. The van der Waals surface area contributed by atoms with E-state index < -0.39 is 97.5 Å². The van der Waals surface area contributed by atoms with E-state index in [9.17, 15) is 43.2 Å². The number of phosphoric acid groups is 2. The van der Waals surface area contributed by atoms with Crippen molar-refractivity contribution in [2.75, 3.05) is 39.6 Å². The molecule has 536 valence electrons. The van der Waals surface area contributed by atoms with Gasteiger partial charge in [0.25, 0.3) is 0 Å². The highest BCUT2D eigenvalue weighted by atomic mass is 31.2. The van der Waals surface area contributed by atoms with Crippen LogP contribution in [0.25, 0.3) is 0 Å². The van der Waals surface area contributed by atoms with Gasteiger partial charge in [-0.15, -0.1) is 0 Å². The summed E-state index contributed by atoms with van der Waals surface area (Å²) in [5.74, 6) is 0.0413. The quantitative estimate of drug-likeness (QED) is 0.0169. The van der Waals surface area contributed by atoms with Crippen LogP contribution in [0.1, 0.15) is 337 Å². The number of rotatable bonds is 68. The second-order valence-corrected chi connectivity index (χ2v) is 29.6. The van der Waals surface area contributed by atoms with Crippen LogP contribution >= 0.6 is 15.6 Å². The van der Waals surface area contributed by atoms with Crippen molar-refractivity contribution < 1.29 is 80.2 Å². The first-order valence-corrected chi connectivity index (χ1v) is 39.7. The molecule has 3 N–H and O–H groups in total.